The van der Waals surface area contributed by atoms with E-state index < -0.39 is 15.7 Å². The molecular formula is C15H21ClN2O4S. The summed E-state index contributed by atoms with van der Waals surface area (Å²) in [6, 6.07) is 4.04. The molecule has 1 aromatic rings. The van der Waals surface area contributed by atoms with Crippen molar-refractivity contribution in [3.05, 3.63) is 28.8 Å². The summed E-state index contributed by atoms with van der Waals surface area (Å²) in [6.07, 6.45) is 1.02. The predicted octanol–water partition coefficient (Wildman–Crippen LogP) is 1.68. The number of carbonyl (C=O) groups excluding carboxylic acids is 2. The van der Waals surface area contributed by atoms with Crippen LogP contribution in [0.5, 0.6) is 0 Å². The second-order valence-corrected chi connectivity index (χ2v) is 7.54. The van der Waals surface area contributed by atoms with E-state index in [4.69, 9.17) is 11.6 Å². The number of nitrogens with zero attached hydrogens (tertiary/aromatic N) is 2. The van der Waals surface area contributed by atoms with Gasteiger partial charge in [-0.25, -0.2) is 8.42 Å². The molecule has 0 unspecified atom stereocenters. The summed E-state index contributed by atoms with van der Waals surface area (Å²) in [7, 11) is -2.04. The molecule has 0 aliphatic rings. The second kappa shape index (κ2) is 7.79. The number of amides is 2. The quantitative estimate of drug-likeness (QED) is 0.773. The Morgan fingerprint density at radius 2 is 1.74 bits per heavy atom. The third-order valence-corrected chi connectivity index (χ3v) is 4.99. The zero-order valence-corrected chi connectivity index (χ0v) is 15.2. The van der Waals surface area contributed by atoms with Crippen molar-refractivity contribution in [1.82, 2.24) is 9.80 Å². The number of benzene rings is 1. The van der Waals surface area contributed by atoms with Gasteiger partial charge in [-0.1, -0.05) is 11.6 Å². The zero-order chi connectivity index (χ0) is 17.8. The summed E-state index contributed by atoms with van der Waals surface area (Å²) in [5.41, 5.74) is 0.171. The van der Waals surface area contributed by atoms with Gasteiger partial charge in [0.1, 0.15) is 0 Å². The Balaban J connectivity index is 3.00. The van der Waals surface area contributed by atoms with Crippen LogP contribution in [-0.2, 0) is 14.6 Å². The van der Waals surface area contributed by atoms with E-state index in [1.54, 1.807) is 4.90 Å². The van der Waals surface area contributed by atoms with Crippen molar-refractivity contribution in [3.63, 3.8) is 0 Å². The molecule has 0 saturated carbocycles. The smallest absolute Gasteiger partial charge is 0.254 e. The van der Waals surface area contributed by atoms with E-state index in [0.29, 0.717) is 13.1 Å². The van der Waals surface area contributed by atoms with Crippen molar-refractivity contribution in [1.29, 1.82) is 0 Å². The van der Waals surface area contributed by atoms with Gasteiger partial charge in [0, 0.05) is 32.0 Å². The molecule has 0 saturated heterocycles. The van der Waals surface area contributed by atoms with Gasteiger partial charge in [-0.05, 0) is 32.0 Å². The summed E-state index contributed by atoms with van der Waals surface area (Å²) >= 11 is 5.86. The number of halogens is 1. The maximum Gasteiger partial charge on any atom is 0.254 e. The zero-order valence-electron chi connectivity index (χ0n) is 13.7. The molecule has 1 rings (SSSR count). The molecule has 0 radical (unpaired) electrons. The van der Waals surface area contributed by atoms with E-state index in [9.17, 15) is 18.0 Å². The van der Waals surface area contributed by atoms with Crippen molar-refractivity contribution >= 4 is 33.3 Å². The molecule has 0 aliphatic carbocycles. The molecule has 0 aliphatic heterocycles. The molecule has 0 N–H and O–H groups in total. The first-order chi connectivity index (χ1) is 10.6. The highest BCUT2D eigenvalue weighted by Gasteiger charge is 2.20. The van der Waals surface area contributed by atoms with Gasteiger partial charge >= 0.3 is 0 Å². The lowest BCUT2D eigenvalue weighted by molar-refractivity contribution is -0.131. The first-order valence-electron chi connectivity index (χ1n) is 7.14. The summed E-state index contributed by atoms with van der Waals surface area (Å²) in [5.74, 6) is -0.602. The van der Waals surface area contributed by atoms with Crippen molar-refractivity contribution in [2.75, 3.05) is 32.9 Å². The molecule has 0 atom stereocenters. The van der Waals surface area contributed by atoms with Crippen LogP contribution in [0.25, 0.3) is 0 Å². The number of rotatable bonds is 6. The van der Waals surface area contributed by atoms with Gasteiger partial charge in [0.2, 0.25) is 5.91 Å². The fraction of sp³-hybridized carbons (Fsp3) is 0.467. The molecule has 0 spiro atoms. The Morgan fingerprint density at radius 1 is 1.17 bits per heavy atom. The minimum Gasteiger partial charge on any atom is -0.342 e. The van der Waals surface area contributed by atoms with Crippen molar-refractivity contribution < 1.29 is 18.0 Å². The van der Waals surface area contributed by atoms with Gasteiger partial charge in [0.05, 0.1) is 16.5 Å². The standard InChI is InChI=1S/C15H21ClN2O4S/c1-5-18(6-2)14(19)10-17(3)15(20)11-7-8-12(16)13(9-11)23(4,21)22/h7-9H,5-6,10H2,1-4H3. The average Bonchev–Trinajstić information content (AvgIpc) is 2.47. The minimum absolute atomic E-state index is 0.0610. The van der Waals surface area contributed by atoms with Crippen LogP contribution >= 0.6 is 11.6 Å². The van der Waals surface area contributed by atoms with Crippen LogP contribution in [0.1, 0.15) is 24.2 Å². The van der Waals surface area contributed by atoms with Crippen LogP contribution in [0.2, 0.25) is 5.02 Å². The lowest BCUT2D eigenvalue weighted by Crippen LogP contribution is -2.41. The van der Waals surface area contributed by atoms with E-state index in [1.807, 2.05) is 13.8 Å². The first kappa shape index (κ1) is 19.4. The van der Waals surface area contributed by atoms with Gasteiger partial charge in [-0.2, -0.15) is 0 Å². The molecule has 6 nitrogen and oxygen atoms in total. The molecule has 128 valence electrons. The van der Waals surface area contributed by atoms with Crippen LogP contribution in [0.15, 0.2) is 23.1 Å². The molecular weight excluding hydrogens is 340 g/mol. The van der Waals surface area contributed by atoms with Crippen LogP contribution < -0.4 is 0 Å². The Bertz CT molecular complexity index is 699. The molecule has 0 bridgehead atoms. The third-order valence-electron chi connectivity index (χ3n) is 3.41. The SMILES string of the molecule is CCN(CC)C(=O)CN(C)C(=O)c1ccc(Cl)c(S(C)(=O)=O)c1. The fourth-order valence-corrected chi connectivity index (χ4v) is 3.39. The highest BCUT2D eigenvalue weighted by molar-refractivity contribution is 7.90. The minimum atomic E-state index is -3.54. The molecule has 8 heteroatoms. The van der Waals surface area contributed by atoms with Crippen LogP contribution in [0, 0.1) is 0 Å². The number of sulfone groups is 1. The van der Waals surface area contributed by atoms with Gasteiger partial charge in [-0.15, -0.1) is 0 Å². The van der Waals surface area contributed by atoms with E-state index >= 15 is 0 Å². The summed E-state index contributed by atoms with van der Waals surface area (Å²) < 4.78 is 23.3. The lowest BCUT2D eigenvalue weighted by Gasteiger charge is -2.23. The average molecular weight is 361 g/mol. The molecule has 0 heterocycles. The first-order valence-corrected chi connectivity index (χ1v) is 9.41. The van der Waals surface area contributed by atoms with E-state index in [-0.39, 0.29) is 27.9 Å². The van der Waals surface area contributed by atoms with Crippen LogP contribution in [-0.4, -0.2) is 63.0 Å². The number of hydrogen-bond donors (Lipinski definition) is 0. The topological polar surface area (TPSA) is 74.8 Å². The van der Waals surface area contributed by atoms with Crippen LogP contribution in [0.4, 0.5) is 0 Å². The van der Waals surface area contributed by atoms with Gasteiger partial charge in [0.25, 0.3) is 5.91 Å². The Labute approximate surface area is 141 Å². The van der Waals surface area contributed by atoms with E-state index in [0.717, 1.165) is 6.26 Å². The predicted molar refractivity (Wildman–Crippen MR) is 89.5 cm³/mol. The maximum atomic E-state index is 12.4. The van der Waals surface area contributed by atoms with Gasteiger partial charge in [-0.3, -0.25) is 9.59 Å². The molecule has 2 amide bonds. The Morgan fingerprint density at radius 3 is 2.22 bits per heavy atom. The van der Waals surface area contributed by atoms with Gasteiger partial charge < -0.3 is 9.80 Å². The van der Waals surface area contributed by atoms with Gasteiger partial charge in [0.15, 0.2) is 9.84 Å². The number of likely N-dealkylation sites (N-methyl/N-ethyl adjacent to an activating group) is 2. The maximum absolute atomic E-state index is 12.4. The highest BCUT2D eigenvalue weighted by atomic mass is 35.5. The van der Waals surface area contributed by atoms with Crippen molar-refractivity contribution in [3.8, 4) is 0 Å². The second-order valence-electron chi connectivity index (χ2n) is 5.14. The van der Waals surface area contributed by atoms with E-state index in [2.05, 4.69) is 0 Å². The highest BCUT2D eigenvalue weighted by Crippen LogP contribution is 2.23. The summed E-state index contributed by atoms with van der Waals surface area (Å²) in [6.45, 7) is 4.78. The Kier molecular flexibility index (Phi) is 6.58. The number of hydrogen-bond acceptors (Lipinski definition) is 4. The Hall–Kier alpha value is -1.60. The molecule has 0 fully saturated rings. The largest absolute Gasteiger partial charge is 0.342 e. The monoisotopic (exact) mass is 360 g/mol. The van der Waals surface area contributed by atoms with Crippen molar-refractivity contribution in [2.45, 2.75) is 18.7 Å². The summed E-state index contributed by atoms with van der Waals surface area (Å²) in [5, 5.41) is 0.0610. The normalized spacial score (nSPS) is 11.2. The van der Waals surface area contributed by atoms with E-state index in [1.165, 1.54) is 30.1 Å². The molecule has 0 aromatic heterocycles. The number of carbonyl (C=O) groups is 2. The summed E-state index contributed by atoms with van der Waals surface area (Å²) in [4.78, 5) is 27.2. The molecule has 23 heavy (non-hydrogen) atoms. The fourth-order valence-electron chi connectivity index (χ4n) is 2.09. The van der Waals surface area contributed by atoms with Crippen molar-refractivity contribution in [2.24, 2.45) is 0 Å². The lowest BCUT2D eigenvalue weighted by atomic mass is 10.2. The van der Waals surface area contributed by atoms with Crippen LogP contribution in [0.3, 0.4) is 0 Å². The third kappa shape index (κ3) is 4.94. The molecule has 1 aromatic carbocycles.